The lowest BCUT2D eigenvalue weighted by Gasteiger charge is -2.19. The number of imidazole rings is 1. The average Bonchev–Trinajstić information content (AvgIpc) is 2.82. The molecule has 76 valence electrons. The predicted octanol–water partition coefficient (Wildman–Crippen LogP) is 1.88. The molecule has 0 aliphatic carbocycles. The quantitative estimate of drug-likeness (QED) is 0.740. The molecular weight excluding hydrogens is 190 g/mol. The predicted molar refractivity (Wildman–Crippen MR) is 58.0 cm³/mol. The van der Waals surface area contributed by atoms with Gasteiger partial charge in [-0.2, -0.15) is 0 Å². The van der Waals surface area contributed by atoms with Crippen molar-refractivity contribution in [2.45, 2.75) is 0 Å². The summed E-state index contributed by atoms with van der Waals surface area (Å²) in [7, 11) is 0. The Kier molecular flexibility index (Phi) is 1.84. The van der Waals surface area contributed by atoms with Crippen LogP contribution in [-0.4, -0.2) is 23.1 Å². The fraction of sp³-hybridized carbons (Fsp3) is 0.182. The highest BCUT2D eigenvalue weighted by molar-refractivity contribution is 5.68. The number of rotatable bonds is 1. The minimum absolute atomic E-state index is 0.729. The highest BCUT2D eigenvalue weighted by atomic mass is 16.5. The molecule has 1 aliphatic heterocycles. The Balaban J connectivity index is 2.04. The number of hydrogen-bond donors (Lipinski definition) is 2. The van der Waals surface area contributed by atoms with E-state index in [1.807, 2.05) is 24.4 Å². The van der Waals surface area contributed by atoms with Crippen molar-refractivity contribution in [1.82, 2.24) is 9.97 Å². The summed E-state index contributed by atoms with van der Waals surface area (Å²) >= 11 is 0. The summed E-state index contributed by atoms with van der Waals surface area (Å²) in [6.45, 7) is 1.59. The van der Waals surface area contributed by atoms with E-state index >= 15 is 0 Å². The zero-order chi connectivity index (χ0) is 10.1. The molecular formula is C11H11N3O. The minimum Gasteiger partial charge on any atom is -0.490 e. The van der Waals surface area contributed by atoms with Crippen molar-refractivity contribution in [3.8, 4) is 17.1 Å². The van der Waals surface area contributed by atoms with E-state index < -0.39 is 0 Å². The van der Waals surface area contributed by atoms with Gasteiger partial charge in [0.1, 0.15) is 18.2 Å². The number of fused-ring (bicyclic) bond motifs is 1. The number of ether oxygens (including phenoxy) is 1. The van der Waals surface area contributed by atoms with E-state index in [4.69, 9.17) is 4.74 Å². The van der Waals surface area contributed by atoms with Gasteiger partial charge < -0.3 is 15.0 Å². The second-order valence-corrected chi connectivity index (χ2v) is 3.42. The van der Waals surface area contributed by atoms with Crippen LogP contribution >= 0.6 is 0 Å². The second-order valence-electron chi connectivity index (χ2n) is 3.42. The number of nitrogens with zero attached hydrogens (tertiary/aromatic N) is 1. The van der Waals surface area contributed by atoms with Gasteiger partial charge in [0.2, 0.25) is 0 Å². The van der Waals surface area contributed by atoms with Crippen molar-refractivity contribution in [1.29, 1.82) is 0 Å². The van der Waals surface area contributed by atoms with E-state index in [9.17, 15) is 0 Å². The maximum atomic E-state index is 5.50. The maximum Gasteiger partial charge on any atom is 0.142 e. The molecule has 15 heavy (non-hydrogen) atoms. The Hall–Kier alpha value is -1.97. The molecule has 4 nitrogen and oxygen atoms in total. The molecule has 0 spiro atoms. The molecule has 1 aliphatic rings. The molecule has 2 N–H and O–H groups in total. The fourth-order valence-corrected chi connectivity index (χ4v) is 1.71. The number of aromatic amines is 1. The van der Waals surface area contributed by atoms with E-state index in [1.54, 1.807) is 6.20 Å². The van der Waals surface area contributed by atoms with E-state index in [0.717, 1.165) is 36.0 Å². The van der Waals surface area contributed by atoms with E-state index in [0.29, 0.717) is 0 Å². The first-order valence-electron chi connectivity index (χ1n) is 4.94. The number of anilines is 1. The second kappa shape index (κ2) is 3.31. The normalized spacial score (nSPS) is 13.9. The highest BCUT2D eigenvalue weighted by Crippen LogP contribution is 2.30. The fourth-order valence-electron chi connectivity index (χ4n) is 1.71. The van der Waals surface area contributed by atoms with Crippen LogP contribution in [0, 0.1) is 0 Å². The van der Waals surface area contributed by atoms with E-state index in [-0.39, 0.29) is 0 Å². The number of hydrogen-bond acceptors (Lipinski definition) is 3. The lowest BCUT2D eigenvalue weighted by molar-refractivity contribution is 0.323. The van der Waals surface area contributed by atoms with Crippen molar-refractivity contribution >= 4 is 5.69 Å². The summed E-state index contributed by atoms with van der Waals surface area (Å²) in [4.78, 5) is 7.29. The molecule has 0 unspecified atom stereocenters. The number of benzene rings is 1. The molecule has 1 aromatic carbocycles. The van der Waals surface area contributed by atoms with Gasteiger partial charge in [-0.15, -0.1) is 0 Å². The van der Waals surface area contributed by atoms with Gasteiger partial charge in [0.05, 0.1) is 5.69 Å². The molecule has 0 amide bonds. The van der Waals surface area contributed by atoms with Crippen LogP contribution in [0.15, 0.2) is 30.6 Å². The first-order chi connectivity index (χ1) is 7.43. The lowest BCUT2D eigenvalue weighted by Crippen LogP contribution is -2.17. The zero-order valence-electron chi connectivity index (χ0n) is 8.16. The van der Waals surface area contributed by atoms with Crippen molar-refractivity contribution in [2.75, 3.05) is 18.5 Å². The van der Waals surface area contributed by atoms with Crippen molar-refractivity contribution in [2.24, 2.45) is 0 Å². The lowest BCUT2D eigenvalue weighted by atomic mass is 10.1. The summed E-state index contributed by atoms with van der Waals surface area (Å²) in [5.41, 5.74) is 2.10. The van der Waals surface area contributed by atoms with Crippen LogP contribution in [0.1, 0.15) is 0 Å². The SMILES string of the molecule is c1c[nH]c(-c2ccc3c(c2)NCCO3)n1. The van der Waals surface area contributed by atoms with Crippen LogP contribution in [0.5, 0.6) is 5.75 Å². The standard InChI is InChI=1S/C11H11N3O/c1-2-10-9(12-5-6-15-10)7-8(1)11-13-3-4-14-11/h1-4,7,12H,5-6H2,(H,13,14). The third-order valence-electron chi connectivity index (χ3n) is 2.43. The molecule has 0 saturated heterocycles. The first-order valence-corrected chi connectivity index (χ1v) is 4.94. The maximum absolute atomic E-state index is 5.50. The molecule has 4 heteroatoms. The number of H-pyrrole nitrogens is 1. The van der Waals surface area contributed by atoms with Gasteiger partial charge in [-0.25, -0.2) is 4.98 Å². The molecule has 0 atom stereocenters. The third kappa shape index (κ3) is 1.44. The topological polar surface area (TPSA) is 49.9 Å². The van der Waals surface area contributed by atoms with Crippen LogP contribution < -0.4 is 10.1 Å². The van der Waals surface area contributed by atoms with Crippen LogP contribution in [-0.2, 0) is 0 Å². The van der Waals surface area contributed by atoms with Crippen molar-refractivity contribution in [3.05, 3.63) is 30.6 Å². The summed E-state index contributed by atoms with van der Waals surface area (Å²) < 4.78 is 5.50. The Morgan fingerprint density at radius 2 is 2.33 bits per heavy atom. The summed E-state index contributed by atoms with van der Waals surface area (Å²) in [5, 5.41) is 3.30. The van der Waals surface area contributed by atoms with Crippen LogP contribution in [0.25, 0.3) is 11.4 Å². The smallest absolute Gasteiger partial charge is 0.142 e. The van der Waals surface area contributed by atoms with Gasteiger partial charge in [0.15, 0.2) is 0 Å². The van der Waals surface area contributed by atoms with Gasteiger partial charge in [0.25, 0.3) is 0 Å². The van der Waals surface area contributed by atoms with Crippen LogP contribution in [0.4, 0.5) is 5.69 Å². The molecule has 1 aromatic heterocycles. The summed E-state index contributed by atoms with van der Waals surface area (Å²) in [6, 6.07) is 6.03. The summed E-state index contributed by atoms with van der Waals surface area (Å²) in [6.07, 6.45) is 3.57. The Morgan fingerprint density at radius 3 is 3.20 bits per heavy atom. The van der Waals surface area contributed by atoms with Crippen LogP contribution in [0.2, 0.25) is 0 Å². The Labute approximate surface area is 87.3 Å². The van der Waals surface area contributed by atoms with Crippen molar-refractivity contribution in [3.63, 3.8) is 0 Å². The van der Waals surface area contributed by atoms with E-state index in [1.165, 1.54) is 0 Å². The van der Waals surface area contributed by atoms with Crippen molar-refractivity contribution < 1.29 is 4.74 Å². The van der Waals surface area contributed by atoms with Crippen LogP contribution in [0.3, 0.4) is 0 Å². The molecule has 0 saturated carbocycles. The molecule has 0 fully saturated rings. The number of nitrogens with one attached hydrogen (secondary N) is 2. The van der Waals surface area contributed by atoms with Gasteiger partial charge in [0, 0.05) is 24.5 Å². The molecule has 2 aromatic rings. The molecule has 3 rings (SSSR count). The monoisotopic (exact) mass is 201 g/mol. The van der Waals surface area contributed by atoms with Gasteiger partial charge in [-0.05, 0) is 18.2 Å². The zero-order valence-corrected chi connectivity index (χ0v) is 8.16. The molecule has 0 bridgehead atoms. The van der Waals surface area contributed by atoms with Gasteiger partial charge in [-0.1, -0.05) is 0 Å². The molecule has 2 heterocycles. The minimum atomic E-state index is 0.729. The molecule has 0 radical (unpaired) electrons. The first kappa shape index (κ1) is 8.35. The average molecular weight is 201 g/mol. The largest absolute Gasteiger partial charge is 0.490 e. The van der Waals surface area contributed by atoms with Gasteiger partial charge in [-0.3, -0.25) is 0 Å². The Morgan fingerprint density at radius 1 is 1.33 bits per heavy atom. The van der Waals surface area contributed by atoms with E-state index in [2.05, 4.69) is 15.3 Å². The number of aromatic nitrogens is 2. The summed E-state index contributed by atoms with van der Waals surface area (Å²) in [5.74, 6) is 1.79. The highest BCUT2D eigenvalue weighted by Gasteiger charge is 2.10. The Bertz CT molecular complexity index is 465. The third-order valence-corrected chi connectivity index (χ3v) is 2.43. The van der Waals surface area contributed by atoms with Gasteiger partial charge >= 0.3 is 0 Å².